The highest BCUT2D eigenvalue weighted by molar-refractivity contribution is 5.90. The third kappa shape index (κ3) is 2.19. The van der Waals surface area contributed by atoms with Gasteiger partial charge in [-0.3, -0.25) is 0 Å². The van der Waals surface area contributed by atoms with Crippen LogP contribution < -0.4 is 0 Å². The molecule has 1 N–H and O–H groups in total. The number of carboxylic acid groups (broad SMARTS) is 1. The Morgan fingerprint density at radius 1 is 0.947 bits per heavy atom. The van der Waals surface area contributed by atoms with E-state index in [1.54, 1.807) is 0 Å². The van der Waals surface area contributed by atoms with E-state index in [2.05, 4.69) is 0 Å². The second kappa shape index (κ2) is 4.76. The molecule has 0 saturated carbocycles. The second-order valence-corrected chi connectivity index (χ2v) is 4.03. The van der Waals surface area contributed by atoms with E-state index in [4.69, 9.17) is 5.11 Å². The van der Waals surface area contributed by atoms with Gasteiger partial charge in [-0.05, 0) is 18.6 Å². The zero-order valence-corrected chi connectivity index (χ0v) is 9.88. The first-order valence-corrected chi connectivity index (χ1v) is 5.40. The Labute approximate surface area is 107 Å². The van der Waals surface area contributed by atoms with Crippen LogP contribution in [0.25, 0.3) is 11.1 Å². The van der Waals surface area contributed by atoms with Crippen LogP contribution in [0.15, 0.2) is 30.3 Å². The molecule has 0 unspecified atom stereocenters. The van der Waals surface area contributed by atoms with Gasteiger partial charge in [0.05, 0.1) is 5.56 Å². The van der Waals surface area contributed by atoms with Crippen LogP contribution in [-0.2, 0) is 0 Å². The SMILES string of the molecule is Cc1ccc(-c2cccc(C(=O)O)c2F)c(F)c1F. The molecule has 2 nitrogen and oxygen atoms in total. The van der Waals surface area contributed by atoms with E-state index in [0.29, 0.717) is 0 Å². The number of benzene rings is 2. The summed E-state index contributed by atoms with van der Waals surface area (Å²) in [4.78, 5) is 10.8. The fourth-order valence-electron chi connectivity index (χ4n) is 1.76. The topological polar surface area (TPSA) is 37.3 Å². The van der Waals surface area contributed by atoms with Crippen LogP contribution in [0.4, 0.5) is 13.2 Å². The lowest BCUT2D eigenvalue weighted by Gasteiger charge is -2.08. The van der Waals surface area contributed by atoms with Crippen molar-refractivity contribution in [1.82, 2.24) is 0 Å². The van der Waals surface area contributed by atoms with E-state index in [9.17, 15) is 18.0 Å². The van der Waals surface area contributed by atoms with Crippen molar-refractivity contribution in [2.45, 2.75) is 6.92 Å². The molecule has 2 aromatic rings. The summed E-state index contributed by atoms with van der Waals surface area (Å²) in [5.74, 6) is -4.82. The molecule has 19 heavy (non-hydrogen) atoms. The van der Waals surface area contributed by atoms with Crippen molar-refractivity contribution in [3.8, 4) is 11.1 Å². The maximum Gasteiger partial charge on any atom is 0.338 e. The van der Waals surface area contributed by atoms with Crippen molar-refractivity contribution in [2.75, 3.05) is 0 Å². The molecule has 0 heterocycles. The molecule has 0 radical (unpaired) electrons. The first kappa shape index (κ1) is 13.1. The summed E-state index contributed by atoms with van der Waals surface area (Å²) in [5, 5.41) is 8.80. The van der Waals surface area contributed by atoms with Gasteiger partial charge in [0.1, 0.15) is 5.82 Å². The van der Waals surface area contributed by atoms with E-state index < -0.39 is 29.0 Å². The molecule has 0 amide bonds. The molecule has 0 aliphatic heterocycles. The summed E-state index contributed by atoms with van der Waals surface area (Å²) in [6.45, 7) is 1.38. The highest BCUT2D eigenvalue weighted by Crippen LogP contribution is 2.29. The highest BCUT2D eigenvalue weighted by atomic mass is 19.2. The quantitative estimate of drug-likeness (QED) is 0.898. The zero-order valence-electron chi connectivity index (χ0n) is 9.88. The average Bonchev–Trinajstić information content (AvgIpc) is 2.37. The number of hydrogen-bond donors (Lipinski definition) is 1. The van der Waals surface area contributed by atoms with Crippen molar-refractivity contribution in [1.29, 1.82) is 0 Å². The number of rotatable bonds is 2. The predicted molar refractivity (Wildman–Crippen MR) is 63.4 cm³/mol. The third-order valence-corrected chi connectivity index (χ3v) is 2.79. The number of hydrogen-bond acceptors (Lipinski definition) is 1. The Morgan fingerprint density at radius 2 is 1.58 bits per heavy atom. The van der Waals surface area contributed by atoms with Gasteiger partial charge in [0.2, 0.25) is 0 Å². The summed E-state index contributed by atoms with van der Waals surface area (Å²) in [5.41, 5.74) is -1.08. The van der Waals surface area contributed by atoms with Crippen LogP contribution in [0.5, 0.6) is 0 Å². The summed E-state index contributed by atoms with van der Waals surface area (Å²) < 4.78 is 41.2. The summed E-state index contributed by atoms with van der Waals surface area (Å²) in [6, 6.07) is 6.07. The van der Waals surface area contributed by atoms with E-state index in [1.807, 2.05) is 0 Å². The van der Waals surface area contributed by atoms with E-state index >= 15 is 0 Å². The normalized spacial score (nSPS) is 10.5. The first-order chi connectivity index (χ1) is 8.93. The van der Waals surface area contributed by atoms with E-state index in [0.717, 1.165) is 6.07 Å². The van der Waals surface area contributed by atoms with Crippen molar-refractivity contribution in [2.24, 2.45) is 0 Å². The summed E-state index contributed by atoms with van der Waals surface area (Å²) in [6.07, 6.45) is 0. The standard InChI is InChI=1S/C14H9F3O2/c1-7-5-6-9(13(17)11(7)15)8-3-2-4-10(12(8)16)14(18)19/h2-6H,1H3,(H,18,19). The summed E-state index contributed by atoms with van der Waals surface area (Å²) >= 11 is 0. The Bertz CT molecular complexity index is 666. The minimum atomic E-state index is -1.47. The molecular formula is C14H9F3O2. The lowest BCUT2D eigenvalue weighted by molar-refractivity contribution is 0.0692. The Kier molecular flexibility index (Phi) is 3.29. The molecule has 0 aliphatic carbocycles. The number of aryl methyl sites for hydroxylation is 1. The average molecular weight is 266 g/mol. The van der Waals surface area contributed by atoms with Crippen LogP contribution in [0.2, 0.25) is 0 Å². The minimum Gasteiger partial charge on any atom is -0.478 e. The lowest BCUT2D eigenvalue weighted by atomic mass is 10.00. The molecule has 0 saturated heterocycles. The zero-order chi connectivity index (χ0) is 14.2. The highest BCUT2D eigenvalue weighted by Gasteiger charge is 2.19. The van der Waals surface area contributed by atoms with E-state index in [1.165, 1.54) is 31.2 Å². The Hall–Kier alpha value is -2.30. The Morgan fingerprint density at radius 3 is 2.21 bits per heavy atom. The molecule has 5 heteroatoms. The van der Waals surface area contributed by atoms with Gasteiger partial charge in [0, 0.05) is 11.1 Å². The maximum absolute atomic E-state index is 14.0. The van der Waals surface area contributed by atoms with Gasteiger partial charge in [0.25, 0.3) is 0 Å². The van der Waals surface area contributed by atoms with Gasteiger partial charge in [-0.15, -0.1) is 0 Å². The first-order valence-electron chi connectivity index (χ1n) is 5.40. The fourth-order valence-corrected chi connectivity index (χ4v) is 1.76. The second-order valence-electron chi connectivity index (χ2n) is 4.03. The molecule has 0 fully saturated rings. The van der Waals surface area contributed by atoms with Gasteiger partial charge in [-0.2, -0.15) is 0 Å². The third-order valence-electron chi connectivity index (χ3n) is 2.79. The molecule has 0 bridgehead atoms. The maximum atomic E-state index is 14.0. The van der Waals surface area contributed by atoms with Crippen LogP contribution in [0.3, 0.4) is 0 Å². The van der Waals surface area contributed by atoms with Gasteiger partial charge in [-0.1, -0.05) is 24.3 Å². The molecule has 2 aromatic carbocycles. The van der Waals surface area contributed by atoms with Crippen molar-refractivity contribution < 1.29 is 23.1 Å². The summed E-state index contributed by atoms with van der Waals surface area (Å²) in [7, 11) is 0. The van der Waals surface area contributed by atoms with Crippen LogP contribution in [0, 0.1) is 24.4 Å². The van der Waals surface area contributed by atoms with Crippen molar-refractivity contribution >= 4 is 5.97 Å². The van der Waals surface area contributed by atoms with Crippen molar-refractivity contribution in [3.05, 3.63) is 58.9 Å². The van der Waals surface area contributed by atoms with Crippen LogP contribution in [-0.4, -0.2) is 11.1 Å². The fraction of sp³-hybridized carbons (Fsp3) is 0.0714. The van der Waals surface area contributed by atoms with Crippen molar-refractivity contribution in [3.63, 3.8) is 0 Å². The number of carbonyl (C=O) groups is 1. The minimum absolute atomic E-state index is 0.0936. The number of carboxylic acids is 1. The molecule has 0 aliphatic rings. The molecule has 2 rings (SSSR count). The largest absolute Gasteiger partial charge is 0.478 e. The van der Waals surface area contributed by atoms with Crippen LogP contribution >= 0.6 is 0 Å². The molecule has 98 valence electrons. The van der Waals surface area contributed by atoms with Gasteiger partial charge < -0.3 is 5.11 Å². The Balaban J connectivity index is 2.70. The number of aromatic carboxylic acids is 1. The molecule has 0 spiro atoms. The predicted octanol–water partition coefficient (Wildman–Crippen LogP) is 3.78. The van der Waals surface area contributed by atoms with E-state index in [-0.39, 0.29) is 16.7 Å². The monoisotopic (exact) mass is 266 g/mol. The van der Waals surface area contributed by atoms with Crippen LogP contribution in [0.1, 0.15) is 15.9 Å². The van der Waals surface area contributed by atoms with Gasteiger partial charge in [-0.25, -0.2) is 18.0 Å². The van der Waals surface area contributed by atoms with Gasteiger partial charge >= 0.3 is 5.97 Å². The molecule has 0 aromatic heterocycles. The number of halogens is 3. The smallest absolute Gasteiger partial charge is 0.338 e. The van der Waals surface area contributed by atoms with Gasteiger partial charge in [0.15, 0.2) is 11.6 Å². The molecular weight excluding hydrogens is 257 g/mol. The molecule has 0 atom stereocenters. The lowest BCUT2D eigenvalue weighted by Crippen LogP contribution is -2.03.